The van der Waals surface area contributed by atoms with Gasteiger partial charge >= 0.3 is 0 Å². The lowest BCUT2D eigenvalue weighted by Gasteiger charge is -2.03. The number of aromatic amines is 1. The van der Waals surface area contributed by atoms with Crippen molar-refractivity contribution in [1.29, 1.82) is 0 Å². The molecule has 0 saturated carbocycles. The summed E-state index contributed by atoms with van der Waals surface area (Å²) in [6, 6.07) is 7.19. The molecule has 0 radical (unpaired) electrons. The molecule has 1 aromatic carbocycles. The minimum atomic E-state index is -0.192. The van der Waals surface area contributed by atoms with Crippen LogP contribution in [0.2, 0.25) is 5.02 Å². The number of hydrogen-bond donors (Lipinski definition) is 1. The lowest BCUT2D eigenvalue weighted by atomic mass is 10.2. The van der Waals surface area contributed by atoms with Crippen LogP contribution in [0, 0.1) is 6.92 Å². The van der Waals surface area contributed by atoms with Gasteiger partial charge in [0, 0.05) is 10.6 Å². The van der Waals surface area contributed by atoms with Crippen molar-refractivity contribution in [1.82, 2.24) is 9.97 Å². The maximum atomic E-state index is 11.5. The highest BCUT2D eigenvalue weighted by Gasteiger charge is 2.06. The molecule has 0 spiro atoms. The molecular weight excluding hydrogens is 291 g/mol. The highest BCUT2D eigenvalue weighted by atomic mass is 79.9. The van der Waals surface area contributed by atoms with Crippen LogP contribution in [-0.4, -0.2) is 9.97 Å². The summed E-state index contributed by atoms with van der Waals surface area (Å²) in [4.78, 5) is 18.5. The number of aryl methyl sites for hydroxylation is 1. The fraction of sp³-hybridized carbons (Fsp3) is 0.0909. The number of nitrogens with one attached hydrogen (secondary N) is 1. The number of benzene rings is 1. The molecule has 1 aromatic heterocycles. The van der Waals surface area contributed by atoms with Gasteiger partial charge in [-0.25, -0.2) is 4.98 Å². The Bertz CT molecular complexity index is 595. The molecule has 0 bridgehead atoms. The van der Waals surface area contributed by atoms with Crippen molar-refractivity contribution in [2.45, 2.75) is 6.92 Å². The second-order valence-electron chi connectivity index (χ2n) is 3.32. The highest BCUT2D eigenvalue weighted by molar-refractivity contribution is 9.10. The van der Waals surface area contributed by atoms with E-state index in [4.69, 9.17) is 11.6 Å². The summed E-state index contributed by atoms with van der Waals surface area (Å²) in [5.74, 6) is 0.521. The van der Waals surface area contributed by atoms with Gasteiger partial charge in [0.25, 0.3) is 5.56 Å². The molecular formula is C11H8BrClN2O. The number of aromatic nitrogens is 2. The molecule has 0 aliphatic rings. The average molecular weight is 300 g/mol. The van der Waals surface area contributed by atoms with Crippen LogP contribution in [0.15, 0.2) is 33.5 Å². The molecule has 16 heavy (non-hydrogen) atoms. The Morgan fingerprint density at radius 1 is 1.44 bits per heavy atom. The van der Waals surface area contributed by atoms with Crippen molar-refractivity contribution in [2.24, 2.45) is 0 Å². The molecule has 82 valence electrons. The van der Waals surface area contributed by atoms with E-state index >= 15 is 0 Å². The van der Waals surface area contributed by atoms with Gasteiger partial charge in [0.1, 0.15) is 10.3 Å². The minimum absolute atomic E-state index is 0.192. The number of rotatable bonds is 1. The van der Waals surface area contributed by atoms with E-state index in [1.165, 1.54) is 0 Å². The molecule has 1 heterocycles. The molecule has 0 aliphatic heterocycles. The molecule has 2 rings (SSSR count). The SMILES string of the molecule is Cc1nc(-c2cccc(Cl)c2)[nH]c(=O)c1Br. The first-order valence-electron chi connectivity index (χ1n) is 4.60. The molecule has 2 aromatic rings. The Balaban J connectivity index is 2.61. The van der Waals surface area contributed by atoms with E-state index in [0.717, 1.165) is 5.56 Å². The van der Waals surface area contributed by atoms with Crippen molar-refractivity contribution >= 4 is 27.5 Å². The van der Waals surface area contributed by atoms with Gasteiger partial charge in [0.15, 0.2) is 0 Å². The third kappa shape index (κ3) is 2.18. The standard InChI is InChI=1S/C11H8BrClN2O/c1-6-9(12)11(16)15-10(14-6)7-3-2-4-8(13)5-7/h2-5H,1H3,(H,14,15,16). The minimum Gasteiger partial charge on any atom is -0.306 e. The smallest absolute Gasteiger partial charge is 0.265 e. The lowest BCUT2D eigenvalue weighted by molar-refractivity contribution is 1.05. The van der Waals surface area contributed by atoms with Crippen molar-refractivity contribution in [3.8, 4) is 11.4 Å². The van der Waals surface area contributed by atoms with Gasteiger partial charge in [0.2, 0.25) is 0 Å². The van der Waals surface area contributed by atoms with Gasteiger partial charge in [-0.3, -0.25) is 4.79 Å². The molecule has 0 amide bonds. The van der Waals surface area contributed by atoms with Gasteiger partial charge in [-0.1, -0.05) is 23.7 Å². The monoisotopic (exact) mass is 298 g/mol. The Morgan fingerprint density at radius 3 is 2.81 bits per heavy atom. The predicted octanol–water partition coefficient (Wildman–Crippen LogP) is 3.16. The third-order valence-electron chi connectivity index (χ3n) is 2.13. The van der Waals surface area contributed by atoms with Crippen LogP contribution in [-0.2, 0) is 0 Å². The summed E-state index contributed by atoms with van der Waals surface area (Å²) in [5.41, 5.74) is 1.25. The molecule has 5 heteroatoms. The summed E-state index contributed by atoms with van der Waals surface area (Å²) in [7, 11) is 0. The van der Waals surface area contributed by atoms with Crippen LogP contribution >= 0.6 is 27.5 Å². The van der Waals surface area contributed by atoms with Crippen molar-refractivity contribution in [3.05, 3.63) is 49.8 Å². The zero-order chi connectivity index (χ0) is 11.7. The quantitative estimate of drug-likeness (QED) is 0.879. The van der Waals surface area contributed by atoms with E-state index < -0.39 is 0 Å². The van der Waals surface area contributed by atoms with E-state index in [1.807, 2.05) is 12.1 Å². The Hall–Kier alpha value is -1.13. The fourth-order valence-corrected chi connectivity index (χ4v) is 1.72. The topological polar surface area (TPSA) is 45.8 Å². The number of H-pyrrole nitrogens is 1. The zero-order valence-electron chi connectivity index (χ0n) is 8.42. The molecule has 0 atom stereocenters. The fourth-order valence-electron chi connectivity index (χ4n) is 1.34. The molecule has 0 fully saturated rings. The van der Waals surface area contributed by atoms with Crippen molar-refractivity contribution in [3.63, 3.8) is 0 Å². The molecule has 0 aliphatic carbocycles. The Kier molecular flexibility index (Phi) is 3.12. The summed E-state index contributed by atoms with van der Waals surface area (Å²) in [6.45, 7) is 1.77. The molecule has 1 N–H and O–H groups in total. The second-order valence-corrected chi connectivity index (χ2v) is 4.55. The first-order valence-corrected chi connectivity index (χ1v) is 5.77. The predicted molar refractivity (Wildman–Crippen MR) is 67.7 cm³/mol. The first kappa shape index (κ1) is 11.4. The van der Waals surface area contributed by atoms with Gasteiger partial charge in [0.05, 0.1) is 5.69 Å². The number of halogens is 2. The normalized spacial score (nSPS) is 10.4. The molecule has 0 saturated heterocycles. The van der Waals surface area contributed by atoms with E-state index in [2.05, 4.69) is 25.9 Å². The van der Waals surface area contributed by atoms with Crippen LogP contribution in [0.1, 0.15) is 5.69 Å². The van der Waals surface area contributed by atoms with Crippen molar-refractivity contribution in [2.75, 3.05) is 0 Å². The Morgan fingerprint density at radius 2 is 2.19 bits per heavy atom. The molecule has 3 nitrogen and oxygen atoms in total. The van der Waals surface area contributed by atoms with Crippen LogP contribution in [0.4, 0.5) is 0 Å². The summed E-state index contributed by atoms with van der Waals surface area (Å²) in [6.07, 6.45) is 0. The summed E-state index contributed by atoms with van der Waals surface area (Å²) < 4.78 is 0.457. The van der Waals surface area contributed by atoms with Crippen LogP contribution in [0.25, 0.3) is 11.4 Å². The first-order chi connectivity index (χ1) is 7.58. The second kappa shape index (κ2) is 4.39. The van der Waals surface area contributed by atoms with Gasteiger partial charge in [-0.2, -0.15) is 0 Å². The van der Waals surface area contributed by atoms with E-state index in [1.54, 1.807) is 19.1 Å². The van der Waals surface area contributed by atoms with Crippen molar-refractivity contribution < 1.29 is 0 Å². The average Bonchev–Trinajstić information content (AvgIpc) is 2.25. The maximum Gasteiger partial charge on any atom is 0.265 e. The number of nitrogens with zero attached hydrogens (tertiary/aromatic N) is 1. The largest absolute Gasteiger partial charge is 0.306 e. The van der Waals surface area contributed by atoms with Crippen LogP contribution < -0.4 is 5.56 Å². The van der Waals surface area contributed by atoms with Gasteiger partial charge in [-0.15, -0.1) is 0 Å². The highest BCUT2D eigenvalue weighted by Crippen LogP contribution is 2.19. The van der Waals surface area contributed by atoms with E-state index in [0.29, 0.717) is 21.0 Å². The third-order valence-corrected chi connectivity index (χ3v) is 3.30. The zero-order valence-corrected chi connectivity index (χ0v) is 10.8. The van der Waals surface area contributed by atoms with E-state index in [9.17, 15) is 4.79 Å². The van der Waals surface area contributed by atoms with Gasteiger partial charge < -0.3 is 4.98 Å². The Labute approximate surface area is 106 Å². The van der Waals surface area contributed by atoms with E-state index in [-0.39, 0.29) is 5.56 Å². The lowest BCUT2D eigenvalue weighted by Crippen LogP contribution is -2.11. The summed E-state index contributed by atoms with van der Waals surface area (Å²) in [5, 5.41) is 0.612. The molecule has 0 unspecified atom stereocenters. The van der Waals surface area contributed by atoms with Gasteiger partial charge in [-0.05, 0) is 35.0 Å². The maximum absolute atomic E-state index is 11.5. The van der Waals surface area contributed by atoms with Crippen LogP contribution in [0.5, 0.6) is 0 Å². The van der Waals surface area contributed by atoms with Crippen LogP contribution in [0.3, 0.4) is 0 Å². The number of hydrogen-bond acceptors (Lipinski definition) is 2. The summed E-state index contributed by atoms with van der Waals surface area (Å²) >= 11 is 9.04.